The molecule has 0 aromatic rings. The predicted octanol–water partition coefficient (Wildman–Crippen LogP) is -1.16. The summed E-state index contributed by atoms with van der Waals surface area (Å²) in [6, 6.07) is -2.10. The number of carboxylic acids is 1. The lowest BCUT2D eigenvalue weighted by Gasteiger charge is -2.37. The third-order valence-corrected chi connectivity index (χ3v) is 3.77. The van der Waals surface area contributed by atoms with Crippen LogP contribution in [-0.2, 0) is 9.59 Å². The molecular formula is C12H19N3O5. The Morgan fingerprint density at radius 3 is 2.70 bits per heavy atom. The third kappa shape index (κ3) is 2.55. The number of β-amino-alcohol motifs (C(OH)–C–C–N with tert-alkyl or cyclic N) is 1. The number of carboxylic acid groups (broad SMARTS) is 1. The van der Waals surface area contributed by atoms with Gasteiger partial charge in [-0.2, -0.15) is 0 Å². The highest BCUT2D eigenvalue weighted by Crippen LogP contribution is 2.22. The van der Waals surface area contributed by atoms with E-state index in [-0.39, 0.29) is 18.9 Å². The molecule has 0 radical (unpaired) electrons. The number of piperazine rings is 1. The van der Waals surface area contributed by atoms with E-state index in [0.717, 1.165) is 4.90 Å². The summed E-state index contributed by atoms with van der Waals surface area (Å²) in [5.41, 5.74) is 0. The number of carbonyl (C=O) groups is 3. The molecule has 2 aliphatic heterocycles. The number of aliphatic hydroxyl groups excluding tert-OH is 1. The first-order valence-electron chi connectivity index (χ1n) is 6.71. The third-order valence-electron chi connectivity index (χ3n) is 3.77. The summed E-state index contributed by atoms with van der Waals surface area (Å²) in [6.45, 7) is 2.49. The SMILES string of the molecule is CCC1C(=O)NCCN1C(=O)N1C[C@H](O)C[C@@H]1C(=O)O. The van der Waals surface area contributed by atoms with Gasteiger partial charge < -0.3 is 25.3 Å². The van der Waals surface area contributed by atoms with Gasteiger partial charge in [-0.05, 0) is 6.42 Å². The molecule has 0 aromatic heterocycles. The minimum absolute atomic E-state index is 0.00957. The molecule has 2 aliphatic rings. The Bertz CT molecular complexity index is 421. The smallest absolute Gasteiger partial charge is 0.326 e. The Kier molecular flexibility index (Phi) is 4.12. The molecule has 3 N–H and O–H groups in total. The van der Waals surface area contributed by atoms with Crippen molar-refractivity contribution < 1.29 is 24.6 Å². The van der Waals surface area contributed by atoms with Gasteiger partial charge in [-0.3, -0.25) is 4.79 Å². The highest BCUT2D eigenvalue weighted by atomic mass is 16.4. The summed E-state index contributed by atoms with van der Waals surface area (Å²) in [6.07, 6.45) is -0.345. The fraction of sp³-hybridized carbons (Fsp3) is 0.750. The maximum atomic E-state index is 12.5. The van der Waals surface area contributed by atoms with Crippen LogP contribution in [0.1, 0.15) is 19.8 Å². The van der Waals surface area contributed by atoms with Crippen LogP contribution in [0.15, 0.2) is 0 Å². The van der Waals surface area contributed by atoms with E-state index >= 15 is 0 Å². The predicted molar refractivity (Wildman–Crippen MR) is 67.9 cm³/mol. The number of hydrogen-bond acceptors (Lipinski definition) is 4. The summed E-state index contributed by atoms with van der Waals surface area (Å²) in [5.74, 6) is -1.36. The van der Waals surface area contributed by atoms with Crippen LogP contribution in [0.25, 0.3) is 0 Å². The van der Waals surface area contributed by atoms with Crippen LogP contribution in [0, 0.1) is 0 Å². The lowest BCUT2D eigenvalue weighted by atomic mass is 10.1. The van der Waals surface area contributed by atoms with E-state index < -0.39 is 30.2 Å². The molecule has 112 valence electrons. The molecule has 3 atom stereocenters. The van der Waals surface area contributed by atoms with Crippen LogP contribution in [0.2, 0.25) is 0 Å². The molecule has 2 rings (SSSR count). The van der Waals surface area contributed by atoms with E-state index in [1.807, 2.05) is 0 Å². The number of amides is 3. The summed E-state index contributed by atoms with van der Waals surface area (Å²) in [4.78, 5) is 37.9. The minimum Gasteiger partial charge on any atom is -0.480 e. The highest BCUT2D eigenvalue weighted by molar-refractivity contribution is 5.90. The molecular weight excluding hydrogens is 266 g/mol. The maximum absolute atomic E-state index is 12.5. The first kappa shape index (κ1) is 14.6. The zero-order valence-corrected chi connectivity index (χ0v) is 11.3. The highest BCUT2D eigenvalue weighted by Gasteiger charge is 2.43. The molecule has 0 saturated carbocycles. The van der Waals surface area contributed by atoms with Gasteiger partial charge in [-0.1, -0.05) is 6.92 Å². The topological polar surface area (TPSA) is 110 Å². The van der Waals surface area contributed by atoms with Crippen LogP contribution in [0.4, 0.5) is 4.79 Å². The zero-order chi connectivity index (χ0) is 14.9. The van der Waals surface area contributed by atoms with Crippen LogP contribution < -0.4 is 5.32 Å². The number of nitrogens with zero attached hydrogens (tertiary/aromatic N) is 2. The van der Waals surface area contributed by atoms with Gasteiger partial charge in [0.15, 0.2) is 0 Å². The molecule has 20 heavy (non-hydrogen) atoms. The van der Waals surface area contributed by atoms with Crippen molar-refractivity contribution in [1.82, 2.24) is 15.1 Å². The summed E-state index contributed by atoms with van der Waals surface area (Å²) >= 11 is 0. The first-order valence-corrected chi connectivity index (χ1v) is 6.71. The maximum Gasteiger partial charge on any atom is 0.326 e. The van der Waals surface area contributed by atoms with E-state index in [0.29, 0.717) is 19.5 Å². The van der Waals surface area contributed by atoms with Crippen molar-refractivity contribution in [2.45, 2.75) is 38.0 Å². The van der Waals surface area contributed by atoms with Crippen molar-refractivity contribution in [2.24, 2.45) is 0 Å². The number of urea groups is 1. The fourth-order valence-electron chi connectivity index (χ4n) is 2.77. The van der Waals surface area contributed by atoms with Crippen molar-refractivity contribution in [3.8, 4) is 0 Å². The molecule has 8 heteroatoms. The number of aliphatic hydroxyl groups is 1. The standard InChI is InChI=1S/C12H19N3O5/c1-2-8-10(17)13-3-4-14(8)12(20)15-6-7(16)5-9(15)11(18)19/h7-9,16H,2-6H2,1H3,(H,13,17)(H,18,19)/t7-,8?,9-/m1/s1. The second kappa shape index (κ2) is 5.66. The quantitative estimate of drug-likeness (QED) is 0.592. The lowest BCUT2D eigenvalue weighted by Crippen LogP contribution is -2.60. The van der Waals surface area contributed by atoms with Gasteiger partial charge >= 0.3 is 12.0 Å². The molecule has 0 bridgehead atoms. The van der Waals surface area contributed by atoms with Gasteiger partial charge in [0.1, 0.15) is 12.1 Å². The van der Waals surface area contributed by atoms with Gasteiger partial charge in [0.25, 0.3) is 0 Å². The van der Waals surface area contributed by atoms with Gasteiger partial charge in [-0.25, -0.2) is 9.59 Å². The Morgan fingerprint density at radius 1 is 1.40 bits per heavy atom. The van der Waals surface area contributed by atoms with Crippen molar-refractivity contribution >= 4 is 17.9 Å². The van der Waals surface area contributed by atoms with Gasteiger partial charge in [0.2, 0.25) is 5.91 Å². The minimum atomic E-state index is -1.13. The number of carbonyl (C=O) groups excluding carboxylic acids is 2. The van der Waals surface area contributed by atoms with Crippen LogP contribution in [0.5, 0.6) is 0 Å². The molecule has 8 nitrogen and oxygen atoms in total. The van der Waals surface area contributed by atoms with Crippen LogP contribution in [-0.4, -0.2) is 75.7 Å². The Labute approximate surface area is 116 Å². The molecule has 0 aliphatic carbocycles. The van der Waals surface area contributed by atoms with E-state index in [2.05, 4.69) is 5.32 Å². The summed E-state index contributed by atoms with van der Waals surface area (Å²) in [7, 11) is 0. The van der Waals surface area contributed by atoms with Crippen molar-refractivity contribution in [2.75, 3.05) is 19.6 Å². The molecule has 1 unspecified atom stereocenters. The Hall–Kier alpha value is -1.83. The average molecular weight is 285 g/mol. The Morgan fingerprint density at radius 2 is 2.10 bits per heavy atom. The first-order chi connectivity index (χ1) is 9.45. The van der Waals surface area contributed by atoms with Crippen LogP contribution in [0.3, 0.4) is 0 Å². The van der Waals surface area contributed by atoms with Crippen molar-refractivity contribution in [1.29, 1.82) is 0 Å². The van der Waals surface area contributed by atoms with Crippen molar-refractivity contribution in [3.05, 3.63) is 0 Å². The second-order valence-electron chi connectivity index (χ2n) is 5.09. The lowest BCUT2D eigenvalue weighted by molar-refractivity contribution is -0.141. The second-order valence-corrected chi connectivity index (χ2v) is 5.09. The summed E-state index contributed by atoms with van der Waals surface area (Å²) in [5, 5.41) is 21.4. The monoisotopic (exact) mass is 285 g/mol. The van der Waals surface area contributed by atoms with Gasteiger partial charge in [-0.15, -0.1) is 0 Å². The number of aliphatic carboxylic acids is 1. The largest absolute Gasteiger partial charge is 0.480 e. The van der Waals surface area contributed by atoms with E-state index in [1.165, 1.54) is 4.90 Å². The number of nitrogens with one attached hydrogen (secondary N) is 1. The van der Waals surface area contributed by atoms with Gasteiger partial charge in [0.05, 0.1) is 6.10 Å². The molecule has 0 aromatic carbocycles. The van der Waals surface area contributed by atoms with Crippen LogP contribution >= 0.6 is 0 Å². The Balaban J connectivity index is 2.16. The fourth-order valence-corrected chi connectivity index (χ4v) is 2.77. The van der Waals surface area contributed by atoms with Gasteiger partial charge in [0, 0.05) is 26.1 Å². The normalized spacial score (nSPS) is 30.3. The molecule has 2 heterocycles. The number of hydrogen-bond donors (Lipinski definition) is 3. The average Bonchev–Trinajstić information content (AvgIpc) is 2.80. The van der Waals surface area contributed by atoms with E-state index in [9.17, 15) is 19.5 Å². The number of rotatable bonds is 2. The molecule has 2 saturated heterocycles. The van der Waals surface area contributed by atoms with E-state index in [4.69, 9.17) is 5.11 Å². The van der Waals surface area contributed by atoms with Crippen molar-refractivity contribution in [3.63, 3.8) is 0 Å². The van der Waals surface area contributed by atoms with E-state index in [1.54, 1.807) is 6.92 Å². The summed E-state index contributed by atoms with van der Waals surface area (Å²) < 4.78 is 0. The molecule has 0 spiro atoms. The zero-order valence-electron chi connectivity index (χ0n) is 11.3. The number of likely N-dealkylation sites (tertiary alicyclic amines) is 1. The molecule has 3 amide bonds. The molecule has 2 fully saturated rings.